The lowest BCUT2D eigenvalue weighted by Gasteiger charge is -2.31. The van der Waals surface area contributed by atoms with Crippen LogP contribution in [0.25, 0.3) is 22.8 Å². The fraction of sp³-hybridized carbons (Fsp3) is 0.348. The van der Waals surface area contributed by atoms with Gasteiger partial charge >= 0.3 is 0 Å². The van der Waals surface area contributed by atoms with Crippen molar-refractivity contribution in [2.45, 2.75) is 49.6 Å². The standard InChI is InChI=1S/C23H23FN6OS/c1-15-5-2-3-7-19(15)30-21(17-6-4-12-25-13-17)27-29-23(30)32-14-20-26-28-22(31-20)16-8-10-18(24)11-9-16/h4,6,8-13,15,19H,2-3,5,7,14H2,1H3. The normalized spacial score (nSPS) is 18.7. The van der Waals surface area contributed by atoms with Crippen LogP contribution in [0.2, 0.25) is 0 Å². The van der Waals surface area contributed by atoms with Crippen LogP contribution in [-0.4, -0.2) is 29.9 Å². The molecule has 0 amide bonds. The summed E-state index contributed by atoms with van der Waals surface area (Å²) in [5.41, 5.74) is 1.65. The van der Waals surface area contributed by atoms with Crippen LogP contribution in [0.1, 0.15) is 44.5 Å². The maximum absolute atomic E-state index is 13.2. The molecule has 2 unspecified atom stereocenters. The SMILES string of the molecule is CC1CCCCC1n1c(SCc2nnc(-c3ccc(F)cc3)o2)nnc1-c1cccnc1. The molecule has 3 aromatic heterocycles. The predicted octanol–water partition coefficient (Wildman–Crippen LogP) is 5.57. The summed E-state index contributed by atoms with van der Waals surface area (Å²) in [7, 11) is 0. The second-order valence-corrected chi connectivity index (χ2v) is 8.99. The van der Waals surface area contributed by atoms with E-state index in [0.29, 0.717) is 35.1 Å². The molecule has 9 heteroatoms. The highest BCUT2D eigenvalue weighted by Crippen LogP contribution is 2.39. The Labute approximate surface area is 189 Å². The molecule has 4 aromatic rings. The van der Waals surface area contributed by atoms with Crippen LogP contribution in [0.3, 0.4) is 0 Å². The maximum Gasteiger partial charge on any atom is 0.247 e. The number of nitrogens with zero attached hydrogens (tertiary/aromatic N) is 6. The number of aromatic nitrogens is 6. The van der Waals surface area contributed by atoms with Gasteiger partial charge in [0.1, 0.15) is 5.82 Å². The van der Waals surface area contributed by atoms with Crippen molar-refractivity contribution in [3.63, 3.8) is 0 Å². The van der Waals surface area contributed by atoms with Gasteiger partial charge in [0.25, 0.3) is 0 Å². The number of rotatable bonds is 6. The monoisotopic (exact) mass is 450 g/mol. The van der Waals surface area contributed by atoms with Crippen molar-refractivity contribution in [1.29, 1.82) is 0 Å². The molecule has 1 saturated carbocycles. The molecule has 164 valence electrons. The van der Waals surface area contributed by atoms with Crippen LogP contribution < -0.4 is 0 Å². The highest BCUT2D eigenvalue weighted by atomic mass is 32.2. The average Bonchev–Trinajstić information content (AvgIpc) is 3.46. The Kier molecular flexibility index (Phi) is 5.98. The Balaban J connectivity index is 1.40. The zero-order valence-corrected chi connectivity index (χ0v) is 18.5. The zero-order valence-electron chi connectivity index (χ0n) is 17.7. The first kappa shape index (κ1) is 20.8. The second-order valence-electron chi connectivity index (χ2n) is 8.04. The fourth-order valence-electron chi connectivity index (χ4n) is 4.19. The van der Waals surface area contributed by atoms with Crippen molar-refractivity contribution < 1.29 is 8.81 Å². The molecule has 32 heavy (non-hydrogen) atoms. The van der Waals surface area contributed by atoms with E-state index in [0.717, 1.165) is 23.0 Å². The summed E-state index contributed by atoms with van der Waals surface area (Å²) in [6.45, 7) is 2.30. The minimum atomic E-state index is -0.301. The van der Waals surface area contributed by atoms with E-state index < -0.39 is 0 Å². The van der Waals surface area contributed by atoms with Gasteiger partial charge < -0.3 is 4.42 Å². The third kappa shape index (κ3) is 4.29. The average molecular weight is 451 g/mol. The molecule has 1 aliphatic rings. The van der Waals surface area contributed by atoms with Crippen LogP contribution in [-0.2, 0) is 5.75 Å². The van der Waals surface area contributed by atoms with Crippen molar-refractivity contribution in [3.05, 3.63) is 60.5 Å². The first-order valence-corrected chi connectivity index (χ1v) is 11.7. The van der Waals surface area contributed by atoms with Crippen molar-refractivity contribution in [3.8, 4) is 22.8 Å². The summed E-state index contributed by atoms with van der Waals surface area (Å²) in [6.07, 6.45) is 8.36. The number of pyridine rings is 1. The number of halogens is 1. The summed E-state index contributed by atoms with van der Waals surface area (Å²) in [6, 6.07) is 10.3. The highest BCUT2D eigenvalue weighted by Gasteiger charge is 2.29. The van der Waals surface area contributed by atoms with Gasteiger partial charge in [-0.05, 0) is 55.2 Å². The largest absolute Gasteiger partial charge is 0.420 e. The van der Waals surface area contributed by atoms with Crippen molar-refractivity contribution in [2.24, 2.45) is 5.92 Å². The first-order chi connectivity index (χ1) is 15.7. The molecule has 0 spiro atoms. The molecule has 7 nitrogen and oxygen atoms in total. The number of thioether (sulfide) groups is 1. The Morgan fingerprint density at radius 1 is 1.03 bits per heavy atom. The van der Waals surface area contributed by atoms with Crippen molar-refractivity contribution in [2.75, 3.05) is 0 Å². The van der Waals surface area contributed by atoms with Gasteiger partial charge in [0.2, 0.25) is 11.8 Å². The quantitative estimate of drug-likeness (QED) is 0.355. The summed E-state index contributed by atoms with van der Waals surface area (Å²) in [4.78, 5) is 4.26. The van der Waals surface area contributed by atoms with E-state index in [4.69, 9.17) is 4.42 Å². The number of hydrogen-bond donors (Lipinski definition) is 0. The van der Waals surface area contributed by atoms with Gasteiger partial charge in [-0.15, -0.1) is 20.4 Å². The van der Waals surface area contributed by atoms with E-state index in [9.17, 15) is 4.39 Å². The Bertz CT molecular complexity index is 1180. The Hall–Kier alpha value is -3.07. The molecule has 1 aliphatic carbocycles. The van der Waals surface area contributed by atoms with Gasteiger partial charge in [0.15, 0.2) is 11.0 Å². The number of hydrogen-bond acceptors (Lipinski definition) is 7. The summed E-state index contributed by atoms with van der Waals surface area (Å²) in [5, 5.41) is 18.1. The van der Waals surface area contributed by atoms with Crippen LogP contribution in [0.15, 0.2) is 58.4 Å². The molecule has 0 bridgehead atoms. The summed E-state index contributed by atoms with van der Waals surface area (Å²) in [5.74, 6) is 2.42. The Morgan fingerprint density at radius 3 is 2.66 bits per heavy atom. The first-order valence-electron chi connectivity index (χ1n) is 10.8. The smallest absolute Gasteiger partial charge is 0.247 e. The van der Waals surface area contributed by atoms with E-state index in [1.54, 1.807) is 18.3 Å². The lowest BCUT2D eigenvalue weighted by Crippen LogP contribution is -2.22. The van der Waals surface area contributed by atoms with Gasteiger partial charge in [-0.3, -0.25) is 9.55 Å². The molecule has 2 atom stereocenters. The van der Waals surface area contributed by atoms with E-state index in [1.165, 1.54) is 43.2 Å². The third-order valence-electron chi connectivity index (χ3n) is 5.86. The van der Waals surface area contributed by atoms with E-state index >= 15 is 0 Å². The second kappa shape index (κ2) is 9.20. The molecule has 1 fully saturated rings. The molecule has 1 aromatic carbocycles. The van der Waals surface area contributed by atoms with Crippen LogP contribution >= 0.6 is 11.8 Å². The van der Waals surface area contributed by atoms with Crippen LogP contribution in [0, 0.1) is 11.7 Å². The molecule has 3 heterocycles. The predicted molar refractivity (Wildman–Crippen MR) is 119 cm³/mol. The van der Waals surface area contributed by atoms with Crippen LogP contribution in [0.5, 0.6) is 0 Å². The van der Waals surface area contributed by atoms with Gasteiger partial charge in [-0.25, -0.2) is 4.39 Å². The van der Waals surface area contributed by atoms with Crippen LogP contribution in [0.4, 0.5) is 4.39 Å². The summed E-state index contributed by atoms with van der Waals surface area (Å²) >= 11 is 1.53. The van der Waals surface area contributed by atoms with E-state index in [-0.39, 0.29) is 5.82 Å². The van der Waals surface area contributed by atoms with Gasteiger partial charge in [0.05, 0.1) is 5.75 Å². The van der Waals surface area contributed by atoms with Crippen molar-refractivity contribution in [1.82, 2.24) is 29.9 Å². The number of benzene rings is 1. The van der Waals surface area contributed by atoms with E-state index in [1.807, 2.05) is 18.3 Å². The molecule has 0 aliphatic heterocycles. The minimum absolute atomic E-state index is 0.301. The maximum atomic E-state index is 13.2. The van der Waals surface area contributed by atoms with E-state index in [2.05, 4.69) is 36.9 Å². The lowest BCUT2D eigenvalue weighted by atomic mass is 9.85. The topological polar surface area (TPSA) is 82.5 Å². The van der Waals surface area contributed by atoms with Gasteiger partial charge in [-0.1, -0.05) is 31.5 Å². The third-order valence-corrected chi connectivity index (χ3v) is 6.79. The summed E-state index contributed by atoms with van der Waals surface area (Å²) < 4.78 is 21.2. The molecule has 0 saturated heterocycles. The lowest BCUT2D eigenvalue weighted by molar-refractivity contribution is 0.247. The molecule has 5 rings (SSSR count). The zero-order chi connectivity index (χ0) is 21.9. The molecule has 0 radical (unpaired) electrons. The minimum Gasteiger partial charge on any atom is -0.420 e. The molecular weight excluding hydrogens is 427 g/mol. The fourth-order valence-corrected chi connectivity index (χ4v) is 5.02. The van der Waals surface area contributed by atoms with Crippen molar-refractivity contribution >= 4 is 11.8 Å². The van der Waals surface area contributed by atoms with Gasteiger partial charge in [-0.2, -0.15) is 0 Å². The molecule has 0 N–H and O–H groups in total. The highest BCUT2D eigenvalue weighted by molar-refractivity contribution is 7.98. The van der Waals surface area contributed by atoms with Gasteiger partial charge in [0, 0.05) is 29.6 Å². The molecular formula is C23H23FN6OS. The Morgan fingerprint density at radius 2 is 1.88 bits per heavy atom.